The fourth-order valence-corrected chi connectivity index (χ4v) is 2.54. The fraction of sp³-hybridized carbons (Fsp3) is 0.308. The monoisotopic (exact) mass is 312 g/mol. The van der Waals surface area contributed by atoms with Gasteiger partial charge in [0.1, 0.15) is 12.1 Å². The number of esters is 1. The van der Waals surface area contributed by atoms with Crippen LogP contribution in [0.1, 0.15) is 6.92 Å². The molecule has 1 heterocycles. The predicted molar refractivity (Wildman–Crippen MR) is 74.7 cm³/mol. The Morgan fingerprint density at radius 1 is 1.48 bits per heavy atom. The summed E-state index contributed by atoms with van der Waals surface area (Å²) < 4.78 is 20.1. The third kappa shape index (κ3) is 3.52. The smallest absolute Gasteiger partial charge is 0.326 e. The highest BCUT2D eigenvalue weighted by atomic mass is 32.2. The zero-order chi connectivity index (χ0) is 15.4. The summed E-state index contributed by atoms with van der Waals surface area (Å²) in [5, 5.41) is 9.01. The Balaban J connectivity index is 2.42. The molecule has 0 saturated heterocycles. The summed E-state index contributed by atoms with van der Waals surface area (Å²) in [6.07, 6.45) is 0. The highest BCUT2D eigenvalue weighted by molar-refractivity contribution is 7.99. The van der Waals surface area contributed by atoms with Crippen LogP contribution in [0.3, 0.4) is 0 Å². The first kappa shape index (κ1) is 15.3. The van der Waals surface area contributed by atoms with E-state index in [2.05, 4.69) is 4.98 Å². The van der Waals surface area contributed by atoms with Crippen LogP contribution in [-0.2, 0) is 20.9 Å². The first-order valence-electron chi connectivity index (χ1n) is 6.18. The van der Waals surface area contributed by atoms with Crippen LogP contribution < -0.4 is 0 Å². The minimum absolute atomic E-state index is 0.106. The van der Waals surface area contributed by atoms with E-state index >= 15 is 0 Å². The van der Waals surface area contributed by atoms with E-state index in [-0.39, 0.29) is 29.6 Å². The fourth-order valence-electron chi connectivity index (χ4n) is 1.82. The Bertz CT molecular complexity index is 686. The number of benzene rings is 1. The van der Waals surface area contributed by atoms with Gasteiger partial charge in [-0.3, -0.25) is 9.59 Å². The zero-order valence-corrected chi connectivity index (χ0v) is 12.0. The van der Waals surface area contributed by atoms with E-state index in [0.717, 1.165) is 11.8 Å². The molecule has 0 radical (unpaired) electrons. The van der Waals surface area contributed by atoms with Gasteiger partial charge >= 0.3 is 11.9 Å². The summed E-state index contributed by atoms with van der Waals surface area (Å²) in [5.41, 5.74) is 0.533. The van der Waals surface area contributed by atoms with Crippen molar-refractivity contribution >= 4 is 34.7 Å². The van der Waals surface area contributed by atoms with Crippen molar-refractivity contribution in [3.8, 4) is 0 Å². The van der Waals surface area contributed by atoms with E-state index in [9.17, 15) is 14.0 Å². The standard InChI is InChI=1S/C13H13FN2O4S/c1-2-20-11(19)6-16-9-5-3-4-8(14)12(9)15-13(16)21-7-10(17)18/h3-5H,2,6-7H2,1H3,(H,17,18). The number of para-hydroxylation sites is 1. The van der Waals surface area contributed by atoms with Crippen LogP contribution in [0.5, 0.6) is 0 Å². The molecule has 0 aliphatic heterocycles. The van der Waals surface area contributed by atoms with Gasteiger partial charge < -0.3 is 14.4 Å². The molecule has 8 heteroatoms. The molecule has 1 aromatic heterocycles. The molecule has 0 bridgehead atoms. The van der Waals surface area contributed by atoms with Crippen molar-refractivity contribution in [1.29, 1.82) is 0 Å². The van der Waals surface area contributed by atoms with Gasteiger partial charge in [0.05, 0.1) is 17.9 Å². The van der Waals surface area contributed by atoms with Crippen LogP contribution in [0, 0.1) is 5.82 Å². The number of thioether (sulfide) groups is 1. The summed E-state index contributed by atoms with van der Waals surface area (Å²) in [5.74, 6) is -2.26. The van der Waals surface area contributed by atoms with Crippen molar-refractivity contribution in [3.05, 3.63) is 24.0 Å². The molecule has 21 heavy (non-hydrogen) atoms. The van der Waals surface area contributed by atoms with E-state index in [0.29, 0.717) is 5.52 Å². The van der Waals surface area contributed by atoms with Crippen LogP contribution in [0.15, 0.2) is 23.4 Å². The van der Waals surface area contributed by atoms with E-state index in [1.165, 1.54) is 16.7 Å². The number of carbonyl (C=O) groups is 2. The number of fused-ring (bicyclic) bond motifs is 1. The Labute approximate surface area is 123 Å². The van der Waals surface area contributed by atoms with Crippen molar-refractivity contribution in [2.45, 2.75) is 18.6 Å². The van der Waals surface area contributed by atoms with Gasteiger partial charge in [0.2, 0.25) is 0 Å². The lowest BCUT2D eigenvalue weighted by Crippen LogP contribution is -2.14. The van der Waals surface area contributed by atoms with Crippen molar-refractivity contribution in [3.63, 3.8) is 0 Å². The Hall–Kier alpha value is -2.09. The first-order valence-corrected chi connectivity index (χ1v) is 7.16. The van der Waals surface area contributed by atoms with Crippen molar-refractivity contribution < 1.29 is 23.8 Å². The molecule has 0 amide bonds. The Kier molecular flexibility index (Phi) is 4.79. The van der Waals surface area contributed by atoms with Crippen molar-refractivity contribution in [2.24, 2.45) is 0 Å². The number of carbonyl (C=O) groups excluding carboxylic acids is 1. The lowest BCUT2D eigenvalue weighted by Gasteiger charge is -2.07. The molecule has 6 nitrogen and oxygen atoms in total. The van der Waals surface area contributed by atoms with Crippen LogP contribution in [0.2, 0.25) is 0 Å². The zero-order valence-electron chi connectivity index (χ0n) is 11.2. The molecule has 1 aromatic carbocycles. The minimum Gasteiger partial charge on any atom is -0.481 e. The average Bonchev–Trinajstić information content (AvgIpc) is 2.76. The van der Waals surface area contributed by atoms with Crippen LogP contribution in [-0.4, -0.2) is 39.0 Å². The van der Waals surface area contributed by atoms with E-state index < -0.39 is 17.8 Å². The van der Waals surface area contributed by atoms with E-state index in [4.69, 9.17) is 9.84 Å². The molecule has 0 fully saturated rings. The van der Waals surface area contributed by atoms with Crippen molar-refractivity contribution in [1.82, 2.24) is 9.55 Å². The molecule has 2 rings (SSSR count). The SMILES string of the molecule is CCOC(=O)Cn1c(SCC(=O)O)nc2c(F)cccc21. The number of aliphatic carboxylic acids is 1. The number of carboxylic acids is 1. The summed E-state index contributed by atoms with van der Waals surface area (Å²) in [6.45, 7) is 1.77. The molecular formula is C13H13FN2O4S. The quantitative estimate of drug-likeness (QED) is 0.648. The Morgan fingerprint density at radius 2 is 2.24 bits per heavy atom. The molecule has 1 N–H and O–H groups in total. The number of rotatable bonds is 6. The van der Waals surface area contributed by atoms with Gasteiger partial charge in [0.25, 0.3) is 0 Å². The summed E-state index contributed by atoms with van der Waals surface area (Å²) in [4.78, 5) is 26.4. The van der Waals surface area contributed by atoms with Gasteiger partial charge in [-0.05, 0) is 19.1 Å². The molecule has 112 valence electrons. The summed E-state index contributed by atoms with van der Waals surface area (Å²) >= 11 is 0.928. The summed E-state index contributed by atoms with van der Waals surface area (Å²) in [6, 6.07) is 4.39. The number of hydrogen-bond acceptors (Lipinski definition) is 5. The maximum absolute atomic E-state index is 13.7. The lowest BCUT2D eigenvalue weighted by atomic mass is 10.3. The van der Waals surface area contributed by atoms with Gasteiger partial charge in [0.15, 0.2) is 11.0 Å². The second-order valence-corrected chi connectivity index (χ2v) is 5.02. The Morgan fingerprint density at radius 3 is 2.90 bits per heavy atom. The third-order valence-electron chi connectivity index (χ3n) is 2.61. The molecule has 0 unspecified atom stereocenters. The normalized spacial score (nSPS) is 10.8. The molecule has 0 saturated carbocycles. The highest BCUT2D eigenvalue weighted by Gasteiger charge is 2.17. The van der Waals surface area contributed by atoms with Gasteiger partial charge in [-0.15, -0.1) is 0 Å². The van der Waals surface area contributed by atoms with Crippen LogP contribution >= 0.6 is 11.8 Å². The number of aromatic nitrogens is 2. The number of nitrogens with zero attached hydrogens (tertiary/aromatic N) is 2. The van der Waals surface area contributed by atoms with Crippen LogP contribution in [0.4, 0.5) is 4.39 Å². The van der Waals surface area contributed by atoms with Crippen molar-refractivity contribution in [2.75, 3.05) is 12.4 Å². The average molecular weight is 312 g/mol. The maximum Gasteiger partial charge on any atom is 0.326 e. The molecular weight excluding hydrogens is 299 g/mol. The van der Waals surface area contributed by atoms with E-state index in [1.54, 1.807) is 13.0 Å². The topological polar surface area (TPSA) is 81.4 Å². The molecule has 2 aromatic rings. The molecule has 0 atom stereocenters. The number of imidazole rings is 1. The van der Waals surface area contributed by atoms with Gasteiger partial charge in [-0.2, -0.15) is 0 Å². The number of carboxylic acid groups (broad SMARTS) is 1. The number of hydrogen-bond donors (Lipinski definition) is 1. The summed E-state index contributed by atoms with van der Waals surface area (Å²) in [7, 11) is 0. The second kappa shape index (κ2) is 6.57. The maximum atomic E-state index is 13.7. The van der Waals surface area contributed by atoms with E-state index in [1.807, 2.05) is 0 Å². The molecule has 0 aliphatic carbocycles. The second-order valence-electron chi connectivity index (χ2n) is 4.08. The number of ether oxygens (including phenoxy) is 1. The highest BCUT2D eigenvalue weighted by Crippen LogP contribution is 2.25. The minimum atomic E-state index is -1.02. The largest absolute Gasteiger partial charge is 0.481 e. The lowest BCUT2D eigenvalue weighted by molar-refractivity contribution is -0.143. The van der Waals surface area contributed by atoms with Crippen LogP contribution in [0.25, 0.3) is 11.0 Å². The third-order valence-corrected chi connectivity index (χ3v) is 3.57. The number of halogens is 1. The van der Waals surface area contributed by atoms with Gasteiger partial charge in [-0.25, -0.2) is 9.37 Å². The van der Waals surface area contributed by atoms with Gasteiger partial charge in [0, 0.05) is 0 Å². The molecule has 0 aliphatic rings. The predicted octanol–water partition coefficient (Wildman–Crippen LogP) is 1.92. The molecule has 0 spiro atoms. The first-order chi connectivity index (χ1) is 10.0. The van der Waals surface area contributed by atoms with Gasteiger partial charge in [-0.1, -0.05) is 17.8 Å².